The van der Waals surface area contributed by atoms with Gasteiger partial charge >= 0.3 is 0 Å². The average molecular weight is 823 g/mol. The van der Waals surface area contributed by atoms with Crippen LogP contribution in [0.3, 0.4) is 0 Å². The number of nitrogens with zero attached hydrogens (tertiary/aromatic N) is 10. The Morgan fingerprint density at radius 2 is 1.63 bits per heavy atom. The fourth-order valence-electron chi connectivity index (χ4n) is 9.36. The largest absolute Gasteiger partial charge is 0.381 e. The minimum Gasteiger partial charge on any atom is -0.381 e. The molecule has 17 nitrogen and oxygen atoms in total. The first-order chi connectivity index (χ1) is 29.1. The minimum absolute atomic E-state index is 0.00428. The third-order valence-corrected chi connectivity index (χ3v) is 12.7. The predicted octanol–water partition coefficient (Wildman–Crippen LogP) is 3.49. The zero-order valence-electron chi connectivity index (χ0n) is 34.3. The monoisotopic (exact) mass is 822 g/mol. The molecule has 1 aromatic carbocycles. The summed E-state index contributed by atoms with van der Waals surface area (Å²) in [7, 11) is 1.77. The van der Waals surface area contributed by atoms with E-state index in [4.69, 9.17) is 19.8 Å². The molecule has 4 amide bonds. The van der Waals surface area contributed by atoms with Crippen molar-refractivity contribution in [1.82, 2.24) is 44.7 Å². The second-order valence-electron chi connectivity index (χ2n) is 16.7. The van der Waals surface area contributed by atoms with E-state index in [0.717, 1.165) is 99.7 Å². The molecule has 0 aliphatic carbocycles. The number of ether oxygens (including phenoxy) is 1. The number of fused-ring (bicyclic) bond motifs is 2. The van der Waals surface area contributed by atoms with Crippen LogP contribution in [0.5, 0.6) is 0 Å². The van der Waals surface area contributed by atoms with E-state index < -0.39 is 35.5 Å². The van der Waals surface area contributed by atoms with Crippen LogP contribution in [-0.2, 0) is 20.9 Å². The summed E-state index contributed by atoms with van der Waals surface area (Å²) in [5.74, 6) is -0.422. The molecule has 5 aliphatic heterocycles. The number of pyridine rings is 1. The van der Waals surface area contributed by atoms with Gasteiger partial charge in [0.05, 0.1) is 28.1 Å². The van der Waals surface area contributed by atoms with Crippen LogP contribution in [0, 0.1) is 5.82 Å². The highest BCUT2D eigenvalue weighted by Crippen LogP contribution is 2.34. The number of benzene rings is 1. The molecule has 60 heavy (non-hydrogen) atoms. The summed E-state index contributed by atoms with van der Waals surface area (Å²) < 4.78 is 23.5. The zero-order valence-corrected chi connectivity index (χ0v) is 34.3. The zero-order chi connectivity index (χ0) is 41.7. The van der Waals surface area contributed by atoms with Crippen molar-refractivity contribution < 1.29 is 28.3 Å². The van der Waals surface area contributed by atoms with Crippen LogP contribution in [0.25, 0.3) is 10.9 Å². The van der Waals surface area contributed by atoms with Gasteiger partial charge in [-0.2, -0.15) is 10.1 Å². The molecule has 4 fully saturated rings. The molecule has 4 saturated heterocycles. The molecule has 3 aromatic heterocycles. The molecule has 316 valence electrons. The molecule has 9 rings (SSSR count). The Hall–Kier alpha value is -5.59. The molecule has 0 spiro atoms. The minimum atomic E-state index is -1.14. The van der Waals surface area contributed by atoms with Crippen molar-refractivity contribution in [2.75, 3.05) is 74.6 Å². The first kappa shape index (κ1) is 39.8. The van der Waals surface area contributed by atoms with Gasteiger partial charge < -0.3 is 19.9 Å². The first-order valence-electron chi connectivity index (χ1n) is 21.1. The maximum absolute atomic E-state index is 15.9. The summed E-state index contributed by atoms with van der Waals surface area (Å²) >= 11 is 0. The van der Waals surface area contributed by atoms with E-state index in [1.165, 1.54) is 6.07 Å². The number of rotatable bonds is 10. The van der Waals surface area contributed by atoms with Gasteiger partial charge in [-0.05, 0) is 58.1 Å². The van der Waals surface area contributed by atoms with E-state index in [1.54, 1.807) is 19.4 Å². The van der Waals surface area contributed by atoms with Crippen molar-refractivity contribution in [3.8, 4) is 0 Å². The molecule has 18 heteroatoms. The molecular weight excluding hydrogens is 772 g/mol. The van der Waals surface area contributed by atoms with Gasteiger partial charge in [-0.15, -0.1) is 0 Å². The Bertz CT molecular complexity index is 2310. The lowest BCUT2D eigenvalue weighted by Crippen LogP contribution is -2.54. The quantitative estimate of drug-likeness (QED) is 0.223. The molecule has 2 N–H and O–H groups in total. The number of carbonyl (C=O) groups is 4. The van der Waals surface area contributed by atoms with Crippen molar-refractivity contribution in [3.05, 3.63) is 59.2 Å². The van der Waals surface area contributed by atoms with Crippen LogP contribution < -0.4 is 20.4 Å². The predicted molar refractivity (Wildman–Crippen MR) is 221 cm³/mol. The van der Waals surface area contributed by atoms with Crippen molar-refractivity contribution in [2.45, 2.75) is 83.1 Å². The van der Waals surface area contributed by atoms with Crippen LogP contribution in [0.1, 0.15) is 84.7 Å². The molecule has 5 aliphatic rings. The Kier molecular flexibility index (Phi) is 10.9. The number of methoxy groups -OCH3 is 1. The van der Waals surface area contributed by atoms with Gasteiger partial charge in [0.25, 0.3) is 11.8 Å². The van der Waals surface area contributed by atoms with E-state index in [1.807, 2.05) is 18.3 Å². The van der Waals surface area contributed by atoms with Gasteiger partial charge in [-0.1, -0.05) is 6.07 Å². The number of piperidine rings is 3. The highest BCUT2D eigenvalue weighted by molar-refractivity contribution is 6.23. The fourth-order valence-corrected chi connectivity index (χ4v) is 9.36. The number of hydrogen-bond donors (Lipinski definition) is 2. The standard InChI is InChI=1S/C42H51FN12O5/c1-25(2)55-32-22-34(46-33-8-13-44-42(47-33)53-16-11-28(60-3)12-17-53)45-23-30(32)38(49-55)52-14-9-27(10-15-52)51-20-18-50(19-21-51)24-26-4-5-29-36(37(26)43)41(59)54(40(29)58)31-6-7-35(56)48-39(31)57/h4-5,8,13,22-23,25,27-28,31H,6-7,9-12,14-21,24H2,1-3H3,(H,48,56,57)(H,44,45,46,47). The van der Waals surface area contributed by atoms with Crippen LogP contribution in [0.2, 0.25) is 0 Å². The number of anilines is 4. The molecule has 0 bridgehead atoms. The third-order valence-electron chi connectivity index (χ3n) is 12.7. The van der Waals surface area contributed by atoms with Crippen molar-refractivity contribution >= 4 is 57.9 Å². The lowest BCUT2D eigenvalue weighted by molar-refractivity contribution is -0.136. The normalized spacial score (nSPS) is 21.4. The Morgan fingerprint density at radius 1 is 0.883 bits per heavy atom. The first-order valence-corrected chi connectivity index (χ1v) is 21.1. The number of nitrogens with one attached hydrogen (secondary N) is 2. The van der Waals surface area contributed by atoms with Gasteiger partial charge in [-0.25, -0.2) is 14.4 Å². The number of amides is 4. The number of halogens is 1. The SMILES string of the molecule is COC1CCN(c2nccc(Nc3cc4c(cn3)c(N3CCC(N5CCN(Cc6ccc7c(c6F)C(=O)N(C6CCC(=O)NC6=O)C7=O)CC5)CC3)nn4C(C)C)n2)CC1. The number of hydrogen-bond acceptors (Lipinski definition) is 14. The smallest absolute Gasteiger partial charge is 0.265 e. The Morgan fingerprint density at radius 3 is 2.35 bits per heavy atom. The van der Waals surface area contributed by atoms with Crippen LogP contribution in [0.4, 0.5) is 27.8 Å². The van der Waals surface area contributed by atoms with Crippen molar-refractivity contribution in [1.29, 1.82) is 0 Å². The van der Waals surface area contributed by atoms with E-state index in [2.05, 4.69) is 53.7 Å². The lowest BCUT2D eigenvalue weighted by atomic mass is 10.0. The van der Waals surface area contributed by atoms with Gasteiger partial charge in [0.1, 0.15) is 23.5 Å². The number of piperazine rings is 1. The van der Waals surface area contributed by atoms with Gasteiger partial charge in [-0.3, -0.25) is 43.9 Å². The highest BCUT2D eigenvalue weighted by Gasteiger charge is 2.46. The topological polar surface area (TPSA) is 174 Å². The van der Waals surface area contributed by atoms with Gasteiger partial charge in [0.15, 0.2) is 5.82 Å². The summed E-state index contributed by atoms with van der Waals surface area (Å²) in [6.45, 7) is 11.1. The molecule has 0 saturated carbocycles. The fraction of sp³-hybridized carbons (Fsp3) is 0.524. The maximum atomic E-state index is 15.9. The number of imide groups is 2. The molecule has 1 unspecified atom stereocenters. The number of carbonyl (C=O) groups excluding carboxylic acids is 4. The Labute approximate surface area is 347 Å². The summed E-state index contributed by atoms with van der Waals surface area (Å²) in [4.78, 5) is 74.7. The highest BCUT2D eigenvalue weighted by atomic mass is 19.1. The lowest BCUT2D eigenvalue weighted by Gasteiger charge is -2.43. The molecular formula is C42H51FN12O5. The van der Waals surface area contributed by atoms with E-state index in [-0.39, 0.29) is 36.1 Å². The summed E-state index contributed by atoms with van der Waals surface area (Å²) in [5, 5.41) is 11.7. The van der Waals surface area contributed by atoms with Crippen LogP contribution in [0.15, 0.2) is 36.7 Å². The van der Waals surface area contributed by atoms with E-state index in [9.17, 15) is 19.2 Å². The summed E-state index contributed by atoms with van der Waals surface area (Å²) in [5.41, 5.74) is 1.00. The average Bonchev–Trinajstić information content (AvgIpc) is 3.76. The summed E-state index contributed by atoms with van der Waals surface area (Å²) in [6, 6.07) is 6.37. The molecule has 0 radical (unpaired) electrons. The summed E-state index contributed by atoms with van der Waals surface area (Å²) in [6.07, 6.45) is 7.86. The molecule has 1 atom stereocenters. The van der Waals surface area contributed by atoms with Gasteiger partial charge in [0.2, 0.25) is 17.8 Å². The number of aromatic nitrogens is 5. The van der Waals surface area contributed by atoms with Crippen molar-refractivity contribution in [3.63, 3.8) is 0 Å². The second kappa shape index (κ2) is 16.5. The van der Waals surface area contributed by atoms with E-state index >= 15 is 4.39 Å². The van der Waals surface area contributed by atoms with Gasteiger partial charge in [0, 0.05) is 109 Å². The van der Waals surface area contributed by atoms with E-state index in [0.29, 0.717) is 35.7 Å². The van der Waals surface area contributed by atoms with Crippen molar-refractivity contribution in [2.24, 2.45) is 0 Å². The van der Waals surface area contributed by atoms with Crippen LogP contribution >= 0.6 is 0 Å². The maximum Gasteiger partial charge on any atom is 0.265 e. The third kappa shape index (κ3) is 7.55. The Balaban J connectivity index is 0.802. The second-order valence-corrected chi connectivity index (χ2v) is 16.7. The molecule has 4 aromatic rings. The molecule has 8 heterocycles. The van der Waals surface area contributed by atoms with Crippen LogP contribution in [-0.4, -0.2) is 141 Å².